The van der Waals surface area contributed by atoms with Gasteiger partial charge in [-0.25, -0.2) is 14.8 Å². The van der Waals surface area contributed by atoms with Crippen LogP contribution < -0.4 is 10.6 Å². The van der Waals surface area contributed by atoms with Crippen molar-refractivity contribution in [2.24, 2.45) is 0 Å². The maximum absolute atomic E-state index is 12.1. The predicted octanol–water partition coefficient (Wildman–Crippen LogP) is 4.03. The minimum atomic E-state index is -0.414. The number of carbonyl (C=O) groups is 1. The smallest absolute Gasteiger partial charge is 0.340 e. The van der Waals surface area contributed by atoms with Gasteiger partial charge in [-0.3, -0.25) is 0 Å². The second-order valence-electron chi connectivity index (χ2n) is 5.71. The number of nitrogens with one attached hydrogen (secondary N) is 2. The average molecular weight is 399 g/mol. The second kappa shape index (κ2) is 8.70. The van der Waals surface area contributed by atoms with Crippen LogP contribution in [-0.2, 0) is 11.2 Å². The average Bonchev–Trinajstić information content (AvgIpc) is 3.04. The first-order valence-corrected chi connectivity index (χ1v) is 9.40. The fraction of sp³-hybridized carbons (Fsp3) is 0.158. The van der Waals surface area contributed by atoms with Crippen LogP contribution in [0.1, 0.15) is 26.5 Å². The van der Waals surface area contributed by atoms with Gasteiger partial charge in [-0.15, -0.1) is 11.3 Å². The first-order chi connectivity index (χ1) is 13.0. The molecule has 8 heteroatoms. The van der Waals surface area contributed by atoms with Crippen molar-refractivity contribution in [2.75, 3.05) is 17.7 Å². The van der Waals surface area contributed by atoms with Gasteiger partial charge in [0.05, 0.1) is 12.7 Å². The largest absolute Gasteiger partial charge is 0.465 e. The molecule has 138 valence electrons. The van der Waals surface area contributed by atoms with Gasteiger partial charge in [-0.1, -0.05) is 30.3 Å². The van der Waals surface area contributed by atoms with Crippen molar-refractivity contribution in [1.29, 1.82) is 0 Å². The molecule has 6 nitrogen and oxygen atoms in total. The zero-order chi connectivity index (χ0) is 19.2. The zero-order valence-corrected chi connectivity index (χ0v) is 16.5. The summed E-state index contributed by atoms with van der Waals surface area (Å²) in [6, 6.07) is 13.7. The van der Waals surface area contributed by atoms with Gasteiger partial charge in [0.1, 0.15) is 5.00 Å². The third-order valence-electron chi connectivity index (χ3n) is 3.66. The van der Waals surface area contributed by atoms with Gasteiger partial charge in [0.25, 0.3) is 0 Å². The van der Waals surface area contributed by atoms with Crippen molar-refractivity contribution >= 4 is 45.6 Å². The summed E-state index contributed by atoms with van der Waals surface area (Å²) >= 11 is 6.79. The van der Waals surface area contributed by atoms with Gasteiger partial charge in [0.15, 0.2) is 5.11 Å². The summed E-state index contributed by atoms with van der Waals surface area (Å²) in [6.07, 6.45) is 2.37. The summed E-state index contributed by atoms with van der Waals surface area (Å²) < 4.78 is 4.90. The molecule has 0 radical (unpaired) electrons. The summed E-state index contributed by atoms with van der Waals surface area (Å²) in [7, 11) is 1.36. The number of hydrogen-bond donors (Lipinski definition) is 2. The van der Waals surface area contributed by atoms with E-state index in [-0.39, 0.29) is 0 Å². The molecule has 0 atom stereocenters. The Labute approximate surface area is 166 Å². The lowest BCUT2D eigenvalue weighted by atomic mass is 10.1. The van der Waals surface area contributed by atoms with Crippen molar-refractivity contribution < 1.29 is 9.53 Å². The number of esters is 1. The minimum Gasteiger partial charge on any atom is -0.465 e. The Balaban J connectivity index is 1.78. The standard InChI is InChI=1S/C19H18N4O2S2/c1-12-8-9-20-18(21-12)23-19(26)22-16-15(17(24)25-2)11-14(27-16)10-13-6-4-3-5-7-13/h3-9,11H,10H2,1-2H3,(H2,20,21,22,23,26). The van der Waals surface area contributed by atoms with Crippen LogP contribution in [0.4, 0.5) is 10.9 Å². The van der Waals surface area contributed by atoms with Crippen molar-refractivity contribution in [3.63, 3.8) is 0 Å². The van der Waals surface area contributed by atoms with Gasteiger partial charge in [0, 0.05) is 23.2 Å². The molecule has 3 aromatic rings. The number of benzene rings is 1. The number of nitrogens with zero attached hydrogens (tertiary/aromatic N) is 2. The second-order valence-corrected chi connectivity index (χ2v) is 7.26. The number of rotatable bonds is 5. The molecule has 0 aliphatic rings. The summed E-state index contributed by atoms with van der Waals surface area (Å²) in [6.45, 7) is 1.87. The monoisotopic (exact) mass is 398 g/mol. The van der Waals surface area contributed by atoms with Crippen LogP contribution in [0, 0.1) is 6.92 Å². The van der Waals surface area contributed by atoms with Crippen molar-refractivity contribution in [2.45, 2.75) is 13.3 Å². The maximum atomic E-state index is 12.1. The Morgan fingerprint density at radius 1 is 1.22 bits per heavy atom. The Kier molecular flexibility index (Phi) is 6.10. The van der Waals surface area contributed by atoms with Gasteiger partial charge >= 0.3 is 5.97 Å². The molecular weight excluding hydrogens is 380 g/mol. The highest BCUT2D eigenvalue weighted by atomic mass is 32.1. The lowest BCUT2D eigenvalue weighted by Crippen LogP contribution is -2.21. The highest BCUT2D eigenvalue weighted by Gasteiger charge is 2.18. The first kappa shape index (κ1) is 18.9. The normalized spacial score (nSPS) is 10.3. The lowest BCUT2D eigenvalue weighted by molar-refractivity contribution is 0.0602. The highest BCUT2D eigenvalue weighted by Crippen LogP contribution is 2.30. The van der Waals surface area contributed by atoms with Crippen molar-refractivity contribution in [3.05, 3.63) is 70.4 Å². The van der Waals surface area contributed by atoms with E-state index in [1.54, 1.807) is 12.3 Å². The molecule has 2 N–H and O–H groups in total. The van der Waals surface area contributed by atoms with Crippen LogP contribution in [0.25, 0.3) is 0 Å². The number of thiocarbonyl (C=S) groups is 1. The van der Waals surface area contributed by atoms with Gasteiger partial charge in [-0.2, -0.15) is 0 Å². The van der Waals surface area contributed by atoms with Gasteiger partial charge < -0.3 is 15.4 Å². The summed E-state index contributed by atoms with van der Waals surface area (Å²) in [5.41, 5.74) is 2.44. The van der Waals surface area contributed by atoms with Gasteiger partial charge in [-0.05, 0) is 36.8 Å². The van der Waals surface area contributed by atoms with E-state index in [4.69, 9.17) is 17.0 Å². The molecule has 0 saturated heterocycles. The maximum Gasteiger partial charge on any atom is 0.340 e. The van der Waals surface area contributed by atoms with Crippen molar-refractivity contribution in [3.8, 4) is 0 Å². The van der Waals surface area contributed by atoms with Crippen LogP contribution in [0.2, 0.25) is 0 Å². The number of thiophene rings is 1. The van der Waals surface area contributed by atoms with Gasteiger partial charge in [0.2, 0.25) is 5.95 Å². The van der Waals surface area contributed by atoms with E-state index in [0.29, 0.717) is 21.6 Å². The van der Waals surface area contributed by atoms with Crippen LogP contribution in [0.5, 0.6) is 0 Å². The molecule has 0 unspecified atom stereocenters. The van der Waals surface area contributed by atoms with Crippen LogP contribution in [0.3, 0.4) is 0 Å². The van der Waals surface area contributed by atoms with E-state index in [9.17, 15) is 4.79 Å². The van der Waals surface area contributed by atoms with E-state index in [1.807, 2.05) is 43.3 Å². The number of carbonyl (C=O) groups excluding carboxylic acids is 1. The van der Waals surface area contributed by atoms with E-state index in [0.717, 1.165) is 22.6 Å². The Morgan fingerprint density at radius 3 is 2.70 bits per heavy atom. The quantitative estimate of drug-likeness (QED) is 0.496. The summed E-state index contributed by atoms with van der Waals surface area (Å²) in [4.78, 5) is 21.5. The van der Waals surface area contributed by atoms with E-state index in [2.05, 4.69) is 20.6 Å². The minimum absolute atomic E-state index is 0.305. The van der Waals surface area contributed by atoms with E-state index < -0.39 is 5.97 Å². The molecule has 0 saturated carbocycles. The fourth-order valence-electron chi connectivity index (χ4n) is 2.43. The van der Waals surface area contributed by atoms with Crippen LogP contribution in [-0.4, -0.2) is 28.2 Å². The lowest BCUT2D eigenvalue weighted by Gasteiger charge is -2.09. The van der Waals surface area contributed by atoms with Crippen molar-refractivity contribution in [1.82, 2.24) is 9.97 Å². The molecule has 2 aromatic heterocycles. The van der Waals surface area contributed by atoms with Crippen LogP contribution in [0.15, 0.2) is 48.7 Å². The molecule has 27 heavy (non-hydrogen) atoms. The molecular formula is C19H18N4O2S2. The molecule has 3 rings (SSSR count). The predicted molar refractivity (Wildman–Crippen MR) is 112 cm³/mol. The molecule has 0 amide bonds. The van der Waals surface area contributed by atoms with E-state index in [1.165, 1.54) is 18.4 Å². The molecule has 0 fully saturated rings. The third kappa shape index (κ3) is 5.08. The highest BCUT2D eigenvalue weighted by molar-refractivity contribution is 7.80. The third-order valence-corrected chi connectivity index (χ3v) is 4.91. The van der Waals surface area contributed by atoms with E-state index >= 15 is 0 Å². The Bertz CT molecular complexity index is 957. The fourth-order valence-corrected chi connectivity index (χ4v) is 3.77. The molecule has 2 heterocycles. The molecule has 0 spiro atoms. The Morgan fingerprint density at radius 2 is 2.00 bits per heavy atom. The topological polar surface area (TPSA) is 76.1 Å². The van der Waals surface area contributed by atoms with Crippen LogP contribution >= 0.6 is 23.6 Å². The molecule has 1 aromatic carbocycles. The number of ether oxygens (including phenoxy) is 1. The first-order valence-electron chi connectivity index (χ1n) is 8.18. The number of anilines is 2. The molecule has 0 aliphatic heterocycles. The molecule has 0 aliphatic carbocycles. The number of aromatic nitrogens is 2. The summed E-state index contributed by atoms with van der Waals surface area (Å²) in [5.74, 6) is -0.0177. The number of hydrogen-bond acceptors (Lipinski definition) is 6. The Hall–Kier alpha value is -2.84. The SMILES string of the molecule is COC(=O)c1cc(Cc2ccccc2)sc1NC(=S)Nc1nccc(C)n1. The number of aryl methyl sites for hydroxylation is 1. The zero-order valence-electron chi connectivity index (χ0n) is 14.9. The summed E-state index contributed by atoms with van der Waals surface area (Å²) in [5, 5.41) is 6.91. The molecule has 0 bridgehead atoms. The number of methoxy groups -OCH3 is 1.